The van der Waals surface area contributed by atoms with Crippen molar-refractivity contribution in [3.8, 4) is 28.2 Å². The van der Waals surface area contributed by atoms with Crippen LogP contribution < -0.4 is 5.32 Å². The predicted octanol–water partition coefficient (Wildman–Crippen LogP) is 3.49. The molecule has 1 unspecified atom stereocenters. The van der Waals surface area contributed by atoms with Gasteiger partial charge in [0.2, 0.25) is 5.91 Å². The summed E-state index contributed by atoms with van der Waals surface area (Å²) in [4.78, 5) is 21.2. The minimum Gasteiger partial charge on any atom is -0.357 e. The lowest BCUT2D eigenvalue weighted by molar-refractivity contribution is -0.123. The zero-order valence-corrected chi connectivity index (χ0v) is 16.4. The van der Waals surface area contributed by atoms with Crippen molar-refractivity contribution in [1.29, 1.82) is 0 Å². The molecule has 4 aromatic rings. The topological polar surface area (TPSA) is 77.6 Å². The number of rotatable bonds is 6. The van der Waals surface area contributed by atoms with Crippen LogP contribution in [0.2, 0.25) is 0 Å². The van der Waals surface area contributed by atoms with E-state index in [1.165, 1.54) is 6.33 Å². The van der Waals surface area contributed by atoms with Crippen molar-refractivity contribution in [3.05, 3.63) is 73.6 Å². The summed E-state index contributed by atoms with van der Waals surface area (Å²) in [6.45, 7) is 2.00. The van der Waals surface area contributed by atoms with E-state index >= 15 is 0 Å². The Balaban J connectivity index is 1.85. The highest BCUT2D eigenvalue weighted by Crippen LogP contribution is 2.34. The second-order valence-corrected chi connectivity index (χ2v) is 6.64. The number of hydrogen-bond donors (Lipinski definition) is 1. The van der Waals surface area contributed by atoms with Crippen molar-refractivity contribution in [2.24, 2.45) is 0 Å². The number of nitrogens with one attached hydrogen (secondary N) is 1. The van der Waals surface area contributed by atoms with E-state index in [1.807, 2.05) is 66.1 Å². The Labute approximate surface area is 169 Å². The van der Waals surface area contributed by atoms with Crippen LogP contribution in [0.25, 0.3) is 28.2 Å². The maximum Gasteiger partial charge on any atom is 0.242 e. The van der Waals surface area contributed by atoms with Crippen LogP contribution in [0.5, 0.6) is 0 Å². The van der Waals surface area contributed by atoms with E-state index in [9.17, 15) is 4.79 Å². The average Bonchev–Trinajstić information content (AvgIpc) is 3.45. The highest BCUT2D eigenvalue weighted by molar-refractivity contribution is 5.84. The Hall–Kier alpha value is -3.74. The van der Waals surface area contributed by atoms with Gasteiger partial charge in [0.25, 0.3) is 0 Å². The van der Waals surface area contributed by atoms with Gasteiger partial charge < -0.3 is 9.88 Å². The lowest BCUT2D eigenvalue weighted by Crippen LogP contribution is -2.29. The van der Waals surface area contributed by atoms with Gasteiger partial charge in [0.05, 0.1) is 23.4 Å². The van der Waals surface area contributed by atoms with Crippen LogP contribution in [0.3, 0.4) is 0 Å². The highest BCUT2D eigenvalue weighted by Gasteiger charge is 2.24. The van der Waals surface area contributed by atoms with Crippen LogP contribution in [0.15, 0.2) is 73.6 Å². The summed E-state index contributed by atoms with van der Waals surface area (Å²) in [5, 5.41) is 6.94. The first-order chi connectivity index (χ1) is 14.2. The first-order valence-electron chi connectivity index (χ1n) is 9.52. The number of hydrogen-bond acceptors (Lipinski definition) is 4. The molecule has 0 spiro atoms. The summed E-state index contributed by atoms with van der Waals surface area (Å²) in [5.74, 6) is -0.0370. The summed E-state index contributed by atoms with van der Waals surface area (Å²) >= 11 is 0. The first-order valence-corrected chi connectivity index (χ1v) is 9.52. The monoisotopic (exact) mass is 386 g/mol. The maximum absolute atomic E-state index is 12.5. The molecule has 2 aromatic heterocycles. The van der Waals surface area contributed by atoms with E-state index in [1.54, 1.807) is 24.4 Å². The normalized spacial score (nSPS) is 11.9. The third-order valence-corrected chi connectivity index (χ3v) is 4.94. The second kappa shape index (κ2) is 8.10. The largest absolute Gasteiger partial charge is 0.357 e. The maximum atomic E-state index is 12.5. The number of imidazole rings is 1. The molecule has 0 saturated heterocycles. The van der Waals surface area contributed by atoms with Crippen molar-refractivity contribution in [3.63, 3.8) is 0 Å². The number of amides is 1. The standard InChI is InChI=1S/C22H22N6O/c1-3-19(22(29)23-2)27-15-25-20(16-7-5-4-6-8-16)21(27)17-9-11-18(12-10-17)28-14-24-13-26-28/h4-15,19H,3H2,1-2H3,(H,23,29). The molecule has 0 fully saturated rings. The molecule has 4 rings (SSSR count). The Bertz CT molecular complexity index is 1080. The van der Waals surface area contributed by atoms with Gasteiger partial charge >= 0.3 is 0 Å². The molecule has 2 heterocycles. The van der Waals surface area contributed by atoms with Crippen molar-refractivity contribution < 1.29 is 4.79 Å². The van der Waals surface area contributed by atoms with Gasteiger partial charge in [-0.15, -0.1) is 0 Å². The van der Waals surface area contributed by atoms with E-state index in [-0.39, 0.29) is 11.9 Å². The average molecular weight is 386 g/mol. The molecule has 0 bridgehead atoms. The van der Waals surface area contributed by atoms with Crippen molar-refractivity contribution in [2.45, 2.75) is 19.4 Å². The van der Waals surface area contributed by atoms with E-state index in [2.05, 4.69) is 20.4 Å². The molecular weight excluding hydrogens is 364 g/mol. The second-order valence-electron chi connectivity index (χ2n) is 6.64. The SMILES string of the molecule is CCC(C(=O)NC)n1cnc(-c2ccccc2)c1-c1ccc(-n2cncn2)cc1. The van der Waals surface area contributed by atoms with E-state index in [4.69, 9.17) is 0 Å². The van der Waals surface area contributed by atoms with Gasteiger partial charge in [0.15, 0.2) is 0 Å². The summed E-state index contributed by atoms with van der Waals surface area (Å²) < 4.78 is 3.67. The quantitative estimate of drug-likeness (QED) is 0.550. The van der Waals surface area contributed by atoms with Crippen LogP contribution in [0, 0.1) is 0 Å². The van der Waals surface area contributed by atoms with Gasteiger partial charge in [-0.05, 0) is 18.6 Å². The molecule has 0 saturated carbocycles. The van der Waals surface area contributed by atoms with Crippen LogP contribution >= 0.6 is 0 Å². The fraction of sp³-hybridized carbons (Fsp3) is 0.182. The molecule has 2 aromatic carbocycles. The number of benzene rings is 2. The Morgan fingerprint density at radius 1 is 1.03 bits per heavy atom. The predicted molar refractivity (Wildman–Crippen MR) is 111 cm³/mol. The molecule has 1 atom stereocenters. The lowest BCUT2D eigenvalue weighted by atomic mass is 10.0. The molecule has 0 radical (unpaired) electrons. The molecule has 1 amide bonds. The fourth-order valence-corrected chi connectivity index (χ4v) is 3.48. The van der Waals surface area contributed by atoms with E-state index < -0.39 is 0 Å². The summed E-state index contributed by atoms with van der Waals surface area (Å²) in [6, 6.07) is 17.7. The van der Waals surface area contributed by atoms with Gasteiger partial charge in [-0.2, -0.15) is 5.10 Å². The Kier molecular flexibility index (Phi) is 5.20. The third kappa shape index (κ3) is 3.54. The van der Waals surface area contributed by atoms with Crippen molar-refractivity contribution in [1.82, 2.24) is 29.6 Å². The molecular formula is C22H22N6O. The Morgan fingerprint density at radius 3 is 2.41 bits per heavy atom. The van der Waals surface area contributed by atoms with Gasteiger partial charge in [-0.25, -0.2) is 14.6 Å². The van der Waals surface area contributed by atoms with Crippen molar-refractivity contribution in [2.75, 3.05) is 7.05 Å². The highest BCUT2D eigenvalue weighted by atomic mass is 16.2. The van der Waals surface area contributed by atoms with E-state index in [0.29, 0.717) is 6.42 Å². The van der Waals surface area contributed by atoms with E-state index in [0.717, 1.165) is 28.2 Å². The molecule has 7 nitrogen and oxygen atoms in total. The van der Waals surface area contributed by atoms with Gasteiger partial charge in [-0.3, -0.25) is 4.79 Å². The summed E-state index contributed by atoms with van der Waals surface area (Å²) in [5.41, 5.74) is 4.66. The number of nitrogens with zero attached hydrogens (tertiary/aromatic N) is 5. The molecule has 29 heavy (non-hydrogen) atoms. The fourth-order valence-electron chi connectivity index (χ4n) is 3.48. The number of carbonyl (C=O) groups excluding carboxylic acids is 1. The number of likely N-dealkylation sites (N-methyl/N-ethyl adjacent to an activating group) is 1. The molecule has 146 valence electrons. The number of carbonyl (C=O) groups is 1. The van der Waals surface area contributed by atoms with Crippen LogP contribution in [0.1, 0.15) is 19.4 Å². The summed E-state index contributed by atoms with van der Waals surface area (Å²) in [6.07, 6.45) is 5.58. The zero-order valence-electron chi connectivity index (χ0n) is 16.4. The lowest BCUT2D eigenvalue weighted by Gasteiger charge is -2.19. The molecule has 0 aliphatic rings. The van der Waals surface area contributed by atoms with Crippen molar-refractivity contribution >= 4 is 5.91 Å². The smallest absolute Gasteiger partial charge is 0.242 e. The summed E-state index contributed by atoms with van der Waals surface area (Å²) in [7, 11) is 1.66. The molecule has 7 heteroatoms. The van der Waals surface area contributed by atoms with Gasteiger partial charge in [0.1, 0.15) is 18.7 Å². The Morgan fingerprint density at radius 2 is 1.79 bits per heavy atom. The van der Waals surface area contributed by atoms with Gasteiger partial charge in [0, 0.05) is 18.2 Å². The zero-order chi connectivity index (χ0) is 20.2. The molecule has 0 aliphatic heterocycles. The van der Waals surface area contributed by atoms with Crippen LogP contribution in [0.4, 0.5) is 0 Å². The minimum atomic E-state index is -0.338. The van der Waals surface area contributed by atoms with Gasteiger partial charge in [-0.1, -0.05) is 49.4 Å². The first kappa shape index (κ1) is 18.6. The molecule has 1 N–H and O–H groups in total. The molecule has 0 aliphatic carbocycles. The van der Waals surface area contributed by atoms with Crippen LogP contribution in [-0.2, 0) is 4.79 Å². The number of aromatic nitrogens is 5. The minimum absolute atomic E-state index is 0.0370. The van der Waals surface area contributed by atoms with Crippen LogP contribution in [-0.4, -0.2) is 37.3 Å². The third-order valence-electron chi connectivity index (χ3n) is 4.94.